The van der Waals surface area contributed by atoms with Crippen molar-refractivity contribution < 1.29 is 0 Å². The largest absolute Gasteiger partial charge is 0.397 e. The van der Waals surface area contributed by atoms with Crippen LogP contribution in [0, 0.1) is 0 Å². The van der Waals surface area contributed by atoms with Crippen LogP contribution in [0.5, 0.6) is 0 Å². The van der Waals surface area contributed by atoms with Crippen LogP contribution < -0.4 is 11.5 Å². The predicted molar refractivity (Wildman–Crippen MR) is 87.1 cm³/mol. The number of hydrogen-bond donors (Lipinski definition) is 2. The van der Waals surface area contributed by atoms with Crippen LogP contribution in [0.2, 0.25) is 0 Å². The van der Waals surface area contributed by atoms with Crippen LogP contribution in [0.3, 0.4) is 0 Å². The molecule has 0 saturated carbocycles. The minimum atomic E-state index is 0.628. The van der Waals surface area contributed by atoms with E-state index in [2.05, 4.69) is 42.5 Å². The van der Waals surface area contributed by atoms with Gasteiger partial charge in [-0.05, 0) is 47.2 Å². The first kappa shape index (κ1) is 12.5. The number of hydrogen-bond acceptors (Lipinski definition) is 2. The Labute approximate surface area is 119 Å². The summed E-state index contributed by atoms with van der Waals surface area (Å²) in [5, 5.41) is 0. The Morgan fingerprint density at radius 1 is 0.800 bits per heavy atom. The highest BCUT2D eigenvalue weighted by Gasteiger charge is 2.09. The fourth-order valence-corrected chi connectivity index (χ4v) is 2.54. The highest BCUT2D eigenvalue weighted by atomic mass is 14.7. The van der Waals surface area contributed by atoms with Gasteiger partial charge >= 0.3 is 0 Å². The summed E-state index contributed by atoms with van der Waals surface area (Å²) < 4.78 is 0. The quantitative estimate of drug-likeness (QED) is 0.795. The first-order valence-corrected chi connectivity index (χ1v) is 6.87. The fourth-order valence-electron chi connectivity index (χ4n) is 2.54. The molecule has 0 bridgehead atoms. The van der Waals surface area contributed by atoms with Crippen molar-refractivity contribution in [2.24, 2.45) is 0 Å². The first-order chi connectivity index (χ1) is 9.75. The van der Waals surface area contributed by atoms with Crippen LogP contribution in [-0.2, 0) is 0 Å². The molecule has 4 N–H and O–H groups in total. The Bertz CT molecular complexity index is 696. The van der Waals surface area contributed by atoms with E-state index in [1.54, 1.807) is 0 Å². The molecule has 20 heavy (non-hydrogen) atoms. The Balaban J connectivity index is 2.12. The number of allylic oxidation sites excluding steroid dienone is 4. The van der Waals surface area contributed by atoms with Gasteiger partial charge in [0.2, 0.25) is 0 Å². The molecule has 0 saturated heterocycles. The van der Waals surface area contributed by atoms with Crippen LogP contribution in [-0.4, -0.2) is 0 Å². The second-order valence-corrected chi connectivity index (χ2v) is 5.03. The zero-order chi connectivity index (χ0) is 13.9. The SMILES string of the molecule is Nc1ccc(-c2ccccc2C2=CCCC=C2)cc1N. The minimum absolute atomic E-state index is 0.628. The van der Waals surface area contributed by atoms with Gasteiger partial charge in [-0.15, -0.1) is 0 Å². The van der Waals surface area contributed by atoms with Crippen LogP contribution >= 0.6 is 0 Å². The van der Waals surface area contributed by atoms with E-state index in [9.17, 15) is 0 Å². The van der Waals surface area contributed by atoms with Gasteiger partial charge in [0.15, 0.2) is 0 Å². The maximum atomic E-state index is 5.93. The van der Waals surface area contributed by atoms with Crippen molar-refractivity contribution >= 4 is 16.9 Å². The average Bonchev–Trinajstić information content (AvgIpc) is 2.51. The van der Waals surface area contributed by atoms with Gasteiger partial charge in [0, 0.05) is 0 Å². The molecule has 0 aromatic heterocycles. The van der Waals surface area contributed by atoms with Crippen LogP contribution in [0.1, 0.15) is 18.4 Å². The normalized spacial score (nSPS) is 14.1. The summed E-state index contributed by atoms with van der Waals surface area (Å²) in [6, 6.07) is 14.2. The number of anilines is 2. The maximum Gasteiger partial charge on any atom is 0.0554 e. The van der Waals surface area contributed by atoms with E-state index >= 15 is 0 Å². The highest BCUT2D eigenvalue weighted by Crippen LogP contribution is 2.33. The van der Waals surface area contributed by atoms with Crippen LogP contribution in [0.4, 0.5) is 11.4 Å². The van der Waals surface area contributed by atoms with Crippen molar-refractivity contribution in [2.45, 2.75) is 12.8 Å². The van der Waals surface area contributed by atoms with Gasteiger partial charge in [-0.25, -0.2) is 0 Å². The molecule has 2 aromatic carbocycles. The van der Waals surface area contributed by atoms with Crippen LogP contribution in [0.25, 0.3) is 16.7 Å². The molecule has 2 aromatic rings. The van der Waals surface area contributed by atoms with Crippen molar-refractivity contribution in [3.63, 3.8) is 0 Å². The summed E-state index contributed by atoms with van der Waals surface area (Å²) in [5.41, 5.74) is 17.8. The van der Waals surface area contributed by atoms with Gasteiger partial charge in [-0.2, -0.15) is 0 Å². The lowest BCUT2D eigenvalue weighted by atomic mass is 9.91. The summed E-state index contributed by atoms with van der Waals surface area (Å²) in [7, 11) is 0. The summed E-state index contributed by atoms with van der Waals surface area (Å²) >= 11 is 0. The number of rotatable bonds is 2. The molecule has 0 unspecified atom stereocenters. The summed E-state index contributed by atoms with van der Waals surface area (Å²) in [6.07, 6.45) is 8.94. The highest BCUT2D eigenvalue weighted by molar-refractivity contribution is 5.87. The molecule has 1 aliphatic carbocycles. The number of benzene rings is 2. The van der Waals surface area contributed by atoms with Crippen molar-refractivity contribution in [2.75, 3.05) is 11.5 Å². The molecule has 0 radical (unpaired) electrons. The van der Waals surface area contributed by atoms with Crippen molar-refractivity contribution in [1.29, 1.82) is 0 Å². The molecular formula is C18H18N2. The van der Waals surface area contributed by atoms with Gasteiger partial charge in [-0.1, -0.05) is 48.6 Å². The Morgan fingerprint density at radius 3 is 2.30 bits per heavy atom. The molecule has 0 fully saturated rings. The van der Waals surface area contributed by atoms with Gasteiger partial charge < -0.3 is 11.5 Å². The second-order valence-electron chi connectivity index (χ2n) is 5.03. The molecular weight excluding hydrogens is 244 g/mol. The molecule has 0 heterocycles. The first-order valence-electron chi connectivity index (χ1n) is 6.87. The third-order valence-electron chi connectivity index (χ3n) is 3.63. The van der Waals surface area contributed by atoms with Gasteiger partial charge in [0.25, 0.3) is 0 Å². The van der Waals surface area contributed by atoms with E-state index in [1.807, 2.05) is 18.2 Å². The Kier molecular flexibility index (Phi) is 3.30. The van der Waals surface area contributed by atoms with E-state index in [0.29, 0.717) is 11.4 Å². The van der Waals surface area contributed by atoms with Crippen LogP contribution in [0.15, 0.2) is 60.7 Å². The Morgan fingerprint density at radius 2 is 1.60 bits per heavy atom. The lowest BCUT2D eigenvalue weighted by Gasteiger charge is -2.14. The van der Waals surface area contributed by atoms with E-state index in [0.717, 1.165) is 18.4 Å². The second kappa shape index (κ2) is 5.25. The Hall–Kier alpha value is -2.48. The predicted octanol–water partition coefficient (Wildman–Crippen LogP) is 4.25. The van der Waals surface area contributed by atoms with Crippen molar-refractivity contribution in [1.82, 2.24) is 0 Å². The minimum Gasteiger partial charge on any atom is -0.397 e. The zero-order valence-corrected chi connectivity index (χ0v) is 11.3. The molecule has 0 spiro atoms. The monoisotopic (exact) mass is 262 g/mol. The molecule has 0 amide bonds. The third kappa shape index (κ3) is 2.32. The lowest BCUT2D eigenvalue weighted by molar-refractivity contribution is 1.04. The molecule has 3 rings (SSSR count). The molecule has 0 aliphatic heterocycles. The van der Waals surface area contributed by atoms with E-state index in [-0.39, 0.29) is 0 Å². The lowest BCUT2D eigenvalue weighted by Crippen LogP contribution is -1.96. The standard InChI is InChI=1S/C18H18N2/c19-17-11-10-14(12-18(17)20)16-9-5-4-8-15(16)13-6-2-1-3-7-13/h2,4-12H,1,3,19-20H2. The molecule has 2 heteroatoms. The van der Waals surface area contributed by atoms with E-state index in [4.69, 9.17) is 11.5 Å². The third-order valence-corrected chi connectivity index (χ3v) is 3.63. The van der Waals surface area contributed by atoms with Crippen molar-refractivity contribution in [3.8, 4) is 11.1 Å². The fraction of sp³-hybridized carbons (Fsp3) is 0.111. The summed E-state index contributed by atoms with van der Waals surface area (Å²) in [6.45, 7) is 0. The molecule has 100 valence electrons. The average molecular weight is 262 g/mol. The van der Waals surface area contributed by atoms with E-state index < -0.39 is 0 Å². The number of nitrogen functional groups attached to an aromatic ring is 2. The topological polar surface area (TPSA) is 52.0 Å². The van der Waals surface area contributed by atoms with Gasteiger partial charge in [0.05, 0.1) is 11.4 Å². The molecule has 0 atom stereocenters. The summed E-state index contributed by atoms with van der Waals surface area (Å²) in [5.74, 6) is 0. The van der Waals surface area contributed by atoms with Gasteiger partial charge in [-0.3, -0.25) is 0 Å². The van der Waals surface area contributed by atoms with E-state index in [1.165, 1.54) is 16.7 Å². The number of nitrogens with two attached hydrogens (primary N) is 2. The summed E-state index contributed by atoms with van der Waals surface area (Å²) in [4.78, 5) is 0. The maximum absolute atomic E-state index is 5.93. The van der Waals surface area contributed by atoms with Crippen molar-refractivity contribution in [3.05, 3.63) is 66.3 Å². The zero-order valence-electron chi connectivity index (χ0n) is 11.3. The van der Waals surface area contributed by atoms with Gasteiger partial charge in [0.1, 0.15) is 0 Å². The molecule has 1 aliphatic rings. The smallest absolute Gasteiger partial charge is 0.0554 e. The molecule has 2 nitrogen and oxygen atoms in total.